The van der Waals surface area contributed by atoms with Gasteiger partial charge < -0.3 is 14.5 Å². The molecule has 3 aromatic rings. The molecule has 0 N–H and O–H groups in total. The van der Waals surface area contributed by atoms with E-state index in [2.05, 4.69) is 0 Å². The standard InChI is InChI=1S/C26H28FN3O4S/c1-20-11-13-21(14-12-20)35(32,33)30(24-9-5-6-10-25(24)34-2)19-26(31)29-17-15-28(16-18-29)23-8-4-3-7-22(23)27/h3-14H,15-19H2,1-2H3. The molecular weight excluding hydrogens is 469 g/mol. The van der Waals surface area contributed by atoms with Crippen LogP contribution in [0.15, 0.2) is 77.7 Å². The van der Waals surface area contributed by atoms with Crippen LogP contribution in [-0.2, 0) is 14.8 Å². The first kappa shape index (κ1) is 24.5. The van der Waals surface area contributed by atoms with E-state index in [0.717, 1.165) is 9.87 Å². The van der Waals surface area contributed by atoms with Crippen LogP contribution in [0.25, 0.3) is 0 Å². The fourth-order valence-electron chi connectivity index (χ4n) is 4.10. The number of nitrogens with zero attached hydrogens (tertiary/aromatic N) is 3. The maximum absolute atomic E-state index is 14.2. The number of amides is 1. The molecule has 184 valence electrons. The Balaban J connectivity index is 1.57. The van der Waals surface area contributed by atoms with Gasteiger partial charge in [0.1, 0.15) is 18.1 Å². The van der Waals surface area contributed by atoms with Crippen LogP contribution in [0.5, 0.6) is 5.75 Å². The lowest BCUT2D eigenvalue weighted by atomic mass is 10.2. The number of ether oxygens (including phenoxy) is 1. The van der Waals surface area contributed by atoms with Crippen molar-refractivity contribution >= 4 is 27.3 Å². The highest BCUT2D eigenvalue weighted by Gasteiger charge is 2.32. The summed E-state index contributed by atoms with van der Waals surface area (Å²) in [6.07, 6.45) is 0. The van der Waals surface area contributed by atoms with Crippen LogP contribution in [0.2, 0.25) is 0 Å². The summed E-state index contributed by atoms with van der Waals surface area (Å²) in [5.74, 6) is -0.293. The molecule has 9 heteroatoms. The third-order valence-corrected chi connectivity index (χ3v) is 7.84. The summed E-state index contributed by atoms with van der Waals surface area (Å²) in [5.41, 5.74) is 1.71. The second-order valence-corrected chi connectivity index (χ2v) is 10.2. The van der Waals surface area contributed by atoms with Crippen LogP contribution in [-0.4, -0.2) is 59.1 Å². The number of carbonyl (C=O) groups is 1. The van der Waals surface area contributed by atoms with E-state index in [4.69, 9.17) is 4.74 Å². The zero-order valence-corrected chi connectivity index (χ0v) is 20.5. The van der Waals surface area contributed by atoms with Crippen LogP contribution < -0.4 is 13.9 Å². The molecule has 1 fully saturated rings. The summed E-state index contributed by atoms with van der Waals surface area (Å²) in [6.45, 7) is 3.11. The molecule has 0 bridgehead atoms. The molecule has 1 aliphatic heterocycles. The quantitative estimate of drug-likeness (QED) is 0.498. The Bertz CT molecular complexity index is 1290. The molecule has 35 heavy (non-hydrogen) atoms. The normalized spacial score (nSPS) is 14.0. The van der Waals surface area contributed by atoms with Gasteiger partial charge in [-0.2, -0.15) is 0 Å². The van der Waals surface area contributed by atoms with Crippen molar-refractivity contribution in [3.05, 3.63) is 84.2 Å². The Morgan fingerprint density at radius 2 is 1.57 bits per heavy atom. The molecule has 0 atom stereocenters. The minimum Gasteiger partial charge on any atom is -0.495 e. The van der Waals surface area contributed by atoms with E-state index in [-0.39, 0.29) is 28.9 Å². The van der Waals surface area contributed by atoms with Gasteiger partial charge in [-0.25, -0.2) is 12.8 Å². The van der Waals surface area contributed by atoms with Gasteiger partial charge in [-0.05, 0) is 43.3 Å². The minimum absolute atomic E-state index is 0.0891. The van der Waals surface area contributed by atoms with E-state index < -0.39 is 10.0 Å². The number of carbonyl (C=O) groups excluding carboxylic acids is 1. The molecule has 3 aromatic carbocycles. The highest BCUT2D eigenvalue weighted by atomic mass is 32.2. The van der Waals surface area contributed by atoms with Gasteiger partial charge in [0.05, 0.1) is 23.4 Å². The Morgan fingerprint density at radius 1 is 0.943 bits per heavy atom. The molecule has 1 amide bonds. The van der Waals surface area contributed by atoms with Crippen molar-refractivity contribution in [2.75, 3.05) is 49.0 Å². The largest absolute Gasteiger partial charge is 0.495 e. The summed E-state index contributed by atoms with van der Waals surface area (Å²) in [6, 6.07) is 19.8. The van der Waals surface area contributed by atoms with Crippen LogP contribution in [0.3, 0.4) is 0 Å². The van der Waals surface area contributed by atoms with Crippen molar-refractivity contribution in [2.45, 2.75) is 11.8 Å². The number of para-hydroxylation sites is 3. The molecule has 0 unspecified atom stereocenters. The van der Waals surface area contributed by atoms with Gasteiger partial charge >= 0.3 is 0 Å². The highest BCUT2D eigenvalue weighted by Crippen LogP contribution is 2.32. The van der Waals surface area contributed by atoms with Gasteiger partial charge in [-0.3, -0.25) is 9.10 Å². The maximum Gasteiger partial charge on any atom is 0.264 e. The number of sulfonamides is 1. The van der Waals surface area contributed by atoms with E-state index in [1.54, 1.807) is 59.5 Å². The Hall–Kier alpha value is -3.59. The van der Waals surface area contributed by atoms with Gasteiger partial charge in [0.15, 0.2) is 0 Å². The van der Waals surface area contributed by atoms with Crippen LogP contribution in [0.4, 0.5) is 15.8 Å². The summed E-state index contributed by atoms with van der Waals surface area (Å²) in [4.78, 5) is 16.9. The number of hydrogen-bond acceptors (Lipinski definition) is 5. The lowest BCUT2D eigenvalue weighted by Crippen LogP contribution is -2.52. The van der Waals surface area contributed by atoms with Gasteiger partial charge in [0, 0.05) is 26.2 Å². The topological polar surface area (TPSA) is 70.2 Å². The predicted molar refractivity (Wildman–Crippen MR) is 134 cm³/mol. The predicted octanol–water partition coefficient (Wildman–Crippen LogP) is 3.69. The molecule has 0 saturated carbocycles. The first-order valence-electron chi connectivity index (χ1n) is 11.3. The number of hydrogen-bond donors (Lipinski definition) is 0. The first-order valence-corrected chi connectivity index (χ1v) is 12.7. The Kier molecular flexibility index (Phi) is 7.25. The van der Waals surface area contributed by atoms with E-state index in [1.807, 2.05) is 11.8 Å². The monoisotopic (exact) mass is 497 g/mol. The van der Waals surface area contributed by atoms with Crippen molar-refractivity contribution in [1.82, 2.24) is 4.90 Å². The van der Waals surface area contributed by atoms with E-state index in [0.29, 0.717) is 37.6 Å². The molecule has 0 spiro atoms. The van der Waals surface area contributed by atoms with Crippen LogP contribution in [0.1, 0.15) is 5.56 Å². The fraction of sp³-hybridized carbons (Fsp3) is 0.269. The van der Waals surface area contributed by atoms with Crippen molar-refractivity contribution < 1.29 is 22.3 Å². The van der Waals surface area contributed by atoms with Gasteiger partial charge in [-0.15, -0.1) is 0 Å². The van der Waals surface area contributed by atoms with E-state index in [9.17, 15) is 17.6 Å². The fourth-order valence-corrected chi connectivity index (χ4v) is 5.53. The van der Waals surface area contributed by atoms with Crippen LogP contribution >= 0.6 is 0 Å². The summed E-state index contributed by atoms with van der Waals surface area (Å²) in [5, 5.41) is 0. The number of methoxy groups -OCH3 is 1. The minimum atomic E-state index is -4.05. The van der Waals surface area contributed by atoms with E-state index >= 15 is 0 Å². The van der Waals surface area contributed by atoms with Crippen LogP contribution in [0, 0.1) is 12.7 Å². The molecule has 0 aromatic heterocycles. The number of rotatable bonds is 7. The Morgan fingerprint density at radius 3 is 2.23 bits per heavy atom. The molecule has 4 rings (SSSR count). The maximum atomic E-state index is 14.2. The second-order valence-electron chi connectivity index (χ2n) is 8.32. The number of anilines is 2. The molecule has 0 aliphatic carbocycles. The average Bonchev–Trinajstić information content (AvgIpc) is 2.87. The first-order chi connectivity index (χ1) is 16.8. The molecule has 0 radical (unpaired) electrons. The molecule has 1 aliphatic rings. The SMILES string of the molecule is COc1ccccc1N(CC(=O)N1CCN(c2ccccc2F)CC1)S(=O)(=O)c1ccc(C)cc1. The Labute approximate surface area is 205 Å². The van der Waals surface area contributed by atoms with Gasteiger partial charge in [-0.1, -0.05) is 42.0 Å². The summed E-state index contributed by atoms with van der Waals surface area (Å²) in [7, 11) is -2.59. The highest BCUT2D eigenvalue weighted by molar-refractivity contribution is 7.92. The van der Waals surface area contributed by atoms with E-state index in [1.165, 1.54) is 25.3 Å². The smallest absolute Gasteiger partial charge is 0.264 e. The van der Waals surface area contributed by atoms with Gasteiger partial charge in [0.25, 0.3) is 10.0 Å². The number of halogens is 1. The van der Waals surface area contributed by atoms with Gasteiger partial charge in [0.2, 0.25) is 5.91 Å². The third-order valence-electron chi connectivity index (χ3n) is 6.07. The lowest BCUT2D eigenvalue weighted by Gasteiger charge is -2.37. The average molecular weight is 498 g/mol. The van der Waals surface area contributed by atoms with Crippen molar-refractivity contribution in [2.24, 2.45) is 0 Å². The molecule has 1 heterocycles. The van der Waals surface area contributed by atoms with Crippen molar-refractivity contribution in [3.8, 4) is 5.75 Å². The van der Waals surface area contributed by atoms with Crippen molar-refractivity contribution in [1.29, 1.82) is 0 Å². The molecule has 7 nitrogen and oxygen atoms in total. The molecular formula is C26H28FN3O4S. The zero-order valence-electron chi connectivity index (χ0n) is 19.7. The second kappa shape index (κ2) is 10.4. The summed E-state index contributed by atoms with van der Waals surface area (Å²) >= 11 is 0. The zero-order chi connectivity index (χ0) is 25.0. The van der Waals surface area contributed by atoms with Crippen molar-refractivity contribution in [3.63, 3.8) is 0 Å². The molecule has 1 saturated heterocycles. The number of aryl methyl sites for hydroxylation is 1. The number of benzene rings is 3. The number of piperazine rings is 1. The lowest BCUT2D eigenvalue weighted by molar-refractivity contribution is -0.129. The summed E-state index contributed by atoms with van der Waals surface area (Å²) < 4.78 is 48.0. The third kappa shape index (κ3) is 5.24.